The van der Waals surface area contributed by atoms with Crippen molar-refractivity contribution >= 4 is 46.3 Å². The molecule has 4 rings (SSSR count). The van der Waals surface area contributed by atoms with Gasteiger partial charge in [0.2, 0.25) is 0 Å². The second-order valence-electron chi connectivity index (χ2n) is 6.85. The second-order valence-corrected chi connectivity index (χ2v) is 7.70. The maximum absolute atomic E-state index is 13.3. The Bertz CT molecular complexity index is 1160. The van der Waals surface area contributed by atoms with Crippen molar-refractivity contribution in [2.45, 2.75) is 13.5 Å². The molecule has 0 spiro atoms. The molecule has 0 bridgehead atoms. The first-order chi connectivity index (χ1) is 14.5. The zero-order valence-electron chi connectivity index (χ0n) is 16.0. The van der Waals surface area contributed by atoms with E-state index in [1.165, 1.54) is 4.90 Å². The van der Waals surface area contributed by atoms with Crippen molar-refractivity contribution in [2.75, 3.05) is 5.32 Å². The van der Waals surface area contributed by atoms with Crippen LogP contribution >= 0.6 is 23.2 Å². The molecule has 1 aromatic heterocycles. The molecular formula is C23H17Cl2N3O2. The Kier molecular flexibility index (Phi) is 5.57. The quantitative estimate of drug-likeness (QED) is 0.564. The number of carbonyl (C=O) groups excluding carboxylic acids is 2. The lowest BCUT2D eigenvalue weighted by Gasteiger charge is -2.15. The van der Waals surface area contributed by atoms with E-state index >= 15 is 0 Å². The van der Waals surface area contributed by atoms with E-state index in [1.807, 2.05) is 19.1 Å². The highest BCUT2D eigenvalue weighted by Crippen LogP contribution is 2.33. The predicted molar refractivity (Wildman–Crippen MR) is 118 cm³/mol. The SMILES string of the molecule is Cc1c(Cl)cccc1NC1=C(c2ccc(Cl)cc2)C(=O)N(Cc2cccnc2)C1=O. The molecular weight excluding hydrogens is 421 g/mol. The van der Waals surface area contributed by atoms with Crippen molar-refractivity contribution in [1.29, 1.82) is 0 Å². The molecule has 150 valence electrons. The van der Waals surface area contributed by atoms with E-state index in [2.05, 4.69) is 10.3 Å². The van der Waals surface area contributed by atoms with E-state index in [1.54, 1.807) is 54.9 Å². The minimum atomic E-state index is -0.409. The fraction of sp³-hybridized carbons (Fsp3) is 0.0870. The highest BCUT2D eigenvalue weighted by atomic mass is 35.5. The highest BCUT2D eigenvalue weighted by Gasteiger charge is 2.39. The maximum atomic E-state index is 13.3. The fourth-order valence-corrected chi connectivity index (χ4v) is 3.57. The fourth-order valence-electron chi connectivity index (χ4n) is 3.27. The number of anilines is 1. The number of benzene rings is 2. The average molecular weight is 438 g/mol. The monoisotopic (exact) mass is 437 g/mol. The minimum Gasteiger partial charge on any atom is -0.350 e. The van der Waals surface area contributed by atoms with E-state index in [-0.39, 0.29) is 18.1 Å². The Hall–Kier alpha value is -3.15. The van der Waals surface area contributed by atoms with Crippen molar-refractivity contribution < 1.29 is 9.59 Å². The van der Waals surface area contributed by atoms with Crippen LogP contribution < -0.4 is 5.32 Å². The molecule has 1 aliphatic rings. The van der Waals surface area contributed by atoms with Crippen LogP contribution in [0.2, 0.25) is 10.0 Å². The van der Waals surface area contributed by atoms with Gasteiger partial charge < -0.3 is 5.32 Å². The Labute approximate surface area is 183 Å². The zero-order chi connectivity index (χ0) is 21.3. The average Bonchev–Trinajstić information content (AvgIpc) is 2.97. The molecule has 1 aliphatic heterocycles. The number of hydrogen-bond donors (Lipinski definition) is 1. The molecule has 5 nitrogen and oxygen atoms in total. The number of amides is 2. The molecule has 3 aromatic rings. The molecule has 2 aromatic carbocycles. The summed E-state index contributed by atoms with van der Waals surface area (Å²) in [6.07, 6.45) is 3.28. The van der Waals surface area contributed by atoms with Gasteiger partial charge >= 0.3 is 0 Å². The molecule has 1 N–H and O–H groups in total. The summed E-state index contributed by atoms with van der Waals surface area (Å²) in [5.74, 6) is -0.790. The summed E-state index contributed by atoms with van der Waals surface area (Å²) in [4.78, 5) is 31.8. The number of rotatable bonds is 5. The lowest BCUT2D eigenvalue weighted by molar-refractivity contribution is -0.137. The molecule has 2 heterocycles. The first-order valence-corrected chi connectivity index (χ1v) is 9.98. The van der Waals surface area contributed by atoms with E-state index in [0.29, 0.717) is 26.9 Å². The number of nitrogens with one attached hydrogen (secondary N) is 1. The summed E-state index contributed by atoms with van der Waals surface area (Å²) in [6.45, 7) is 1.98. The third kappa shape index (κ3) is 3.82. The molecule has 2 amide bonds. The van der Waals surface area contributed by atoms with Gasteiger partial charge in [-0.05, 0) is 53.9 Å². The molecule has 0 fully saturated rings. The smallest absolute Gasteiger partial charge is 0.278 e. The summed E-state index contributed by atoms with van der Waals surface area (Å²) in [7, 11) is 0. The zero-order valence-corrected chi connectivity index (χ0v) is 17.5. The number of carbonyl (C=O) groups is 2. The van der Waals surface area contributed by atoms with Crippen molar-refractivity contribution in [3.63, 3.8) is 0 Å². The van der Waals surface area contributed by atoms with Crippen LogP contribution in [0.4, 0.5) is 5.69 Å². The van der Waals surface area contributed by atoms with Crippen LogP contribution in [0.15, 0.2) is 72.7 Å². The molecule has 0 unspecified atom stereocenters. The van der Waals surface area contributed by atoms with Crippen LogP contribution in [0.1, 0.15) is 16.7 Å². The Morgan fingerprint density at radius 3 is 2.43 bits per heavy atom. The van der Waals surface area contributed by atoms with Gasteiger partial charge in [-0.2, -0.15) is 0 Å². The van der Waals surface area contributed by atoms with Crippen molar-refractivity contribution in [1.82, 2.24) is 9.88 Å². The molecule has 0 radical (unpaired) electrons. The van der Waals surface area contributed by atoms with Crippen molar-refractivity contribution in [3.05, 3.63) is 99.4 Å². The number of pyridine rings is 1. The molecule has 30 heavy (non-hydrogen) atoms. The summed E-state index contributed by atoms with van der Waals surface area (Å²) in [5, 5.41) is 4.26. The maximum Gasteiger partial charge on any atom is 0.278 e. The van der Waals surface area contributed by atoms with Gasteiger partial charge in [0.15, 0.2) is 0 Å². The van der Waals surface area contributed by atoms with Crippen LogP contribution in [0.25, 0.3) is 5.57 Å². The third-order valence-electron chi connectivity index (χ3n) is 4.89. The largest absolute Gasteiger partial charge is 0.350 e. The van der Waals surface area contributed by atoms with Crippen LogP contribution in [-0.4, -0.2) is 21.7 Å². The van der Waals surface area contributed by atoms with Gasteiger partial charge in [0.25, 0.3) is 11.8 Å². The Morgan fingerprint density at radius 1 is 0.967 bits per heavy atom. The van der Waals surface area contributed by atoms with Crippen LogP contribution in [-0.2, 0) is 16.1 Å². The third-order valence-corrected chi connectivity index (χ3v) is 5.55. The van der Waals surface area contributed by atoms with Gasteiger partial charge in [0.1, 0.15) is 5.70 Å². The second kappa shape index (κ2) is 8.30. The lowest BCUT2D eigenvalue weighted by Crippen LogP contribution is -2.32. The number of nitrogens with zero attached hydrogens (tertiary/aromatic N) is 2. The van der Waals surface area contributed by atoms with E-state index in [0.717, 1.165) is 11.1 Å². The van der Waals surface area contributed by atoms with Gasteiger partial charge in [0, 0.05) is 28.1 Å². The Morgan fingerprint density at radius 2 is 1.73 bits per heavy atom. The molecule has 0 atom stereocenters. The lowest BCUT2D eigenvalue weighted by atomic mass is 10.0. The number of aromatic nitrogens is 1. The Balaban J connectivity index is 1.77. The highest BCUT2D eigenvalue weighted by molar-refractivity contribution is 6.37. The van der Waals surface area contributed by atoms with E-state index in [4.69, 9.17) is 23.2 Å². The standard InChI is InChI=1S/C23H17Cl2N3O2/c1-14-18(25)5-2-6-19(14)27-21-20(16-7-9-17(24)10-8-16)22(29)28(23(21)30)13-15-4-3-11-26-12-15/h2-12,27H,13H2,1H3. The van der Waals surface area contributed by atoms with Crippen LogP contribution in [0.5, 0.6) is 0 Å². The number of hydrogen-bond acceptors (Lipinski definition) is 4. The first-order valence-electron chi connectivity index (χ1n) is 9.23. The molecule has 0 saturated heterocycles. The van der Waals surface area contributed by atoms with E-state index in [9.17, 15) is 9.59 Å². The summed E-state index contributed by atoms with van der Waals surface area (Å²) in [6, 6.07) is 15.8. The van der Waals surface area contributed by atoms with Crippen LogP contribution in [0, 0.1) is 6.92 Å². The van der Waals surface area contributed by atoms with Gasteiger partial charge in [0.05, 0.1) is 12.1 Å². The normalized spacial score (nSPS) is 13.9. The summed E-state index contributed by atoms with van der Waals surface area (Å²) < 4.78 is 0. The van der Waals surface area contributed by atoms with Gasteiger partial charge in [-0.15, -0.1) is 0 Å². The topological polar surface area (TPSA) is 62.3 Å². The minimum absolute atomic E-state index is 0.127. The summed E-state index contributed by atoms with van der Waals surface area (Å²) >= 11 is 12.2. The van der Waals surface area contributed by atoms with Gasteiger partial charge in [-0.3, -0.25) is 19.5 Å². The predicted octanol–water partition coefficient (Wildman–Crippen LogP) is 5.09. The first kappa shape index (κ1) is 20.1. The number of imide groups is 1. The molecule has 0 aliphatic carbocycles. The van der Waals surface area contributed by atoms with Gasteiger partial charge in [-0.25, -0.2) is 0 Å². The van der Waals surface area contributed by atoms with Crippen LogP contribution in [0.3, 0.4) is 0 Å². The van der Waals surface area contributed by atoms with Crippen molar-refractivity contribution in [3.8, 4) is 0 Å². The molecule has 0 saturated carbocycles. The number of halogens is 2. The van der Waals surface area contributed by atoms with E-state index < -0.39 is 5.91 Å². The molecule has 7 heteroatoms. The van der Waals surface area contributed by atoms with Gasteiger partial charge in [-0.1, -0.05) is 47.5 Å². The summed E-state index contributed by atoms with van der Waals surface area (Å²) in [5.41, 5.74) is 3.31. The van der Waals surface area contributed by atoms with Crippen molar-refractivity contribution in [2.24, 2.45) is 0 Å².